The van der Waals surface area contributed by atoms with Crippen LogP contribution in [-0.2, 0) is 48.5 Å². The molecule has 0 aromatic heterocycles. The summed E-state index contributed by atoms with van der Waals surface area (Å²) in [4.78, 5) is 0. The number of benzene rings is 4. The molecule has 0 nitrogen and oxygen atoms in total. The number of rotatable bonds is 8. The van der Waals surface area contributed by atoms with E-state index < -0.39 is 0 Å². The van der Waals surface area contributed by atoms with Crippen LogP contribution < -0.4 is 24.8 Å². The number of hydrogen-bond donors (Lipinski definition) is 0. The molecule has 4 heteroatoms. The average molecular weight is 1070 g/mol. The van der Waals surface area contributed by atoms with E-state index in [1.165, 1.54) is 142 Å². The molecular weight excluding hydrogens is 998 g/mol. The number of fused-ring (bicyclic) bond motifs is 4. The van der Waals surface area contributed by atoms with E-state index in [0.29, 0.717) is 23.7 Å². The van der Waals surface area contributed by atoms with Crippen LogP contribution in [0.5, 0.6) is 0 Å². The van der Waals surface area contributed by atoms with Crippen LogP contribution in [0.4, 0.5) is 0 Å². The Bertz CT molecular complexity index is 2240. The predicted octanol–water partition coefficient (Wildman–Crippen LogP) is 12.9. The number of hydrogen-bond acceptors (Lipinski definition) is 0. The molecule has 0 saturated heterocycles. The van der Waals surface area contributed by atoms with Crippen molar-refractivity contribution in [3.05, 3.63) is 168 Å². The Labute approximate surface area is 442 Å². The molecule has 2 fully saturated rings. The molecular formula is C62H76Cl2Zr2-2. The molecule has 10 rings (SSSR count). The summed E-state index contributed by atoms with van der Waals surface area (Å²) in [6.07, 6.45) is 16.5. The summed E-state index contributed by atoms with van der Waals surface area (Å²) < 4.78 is 3.59. The van der Waals surface area contributed by atoms with Crippen molar-refractivity contribution in [2.24, 2.45) is 0 Å². The second-order valence-electron chi connectivity index (χ2n) is 18.4. The molecule has 2 aliphatic carbocycles. The maximum absolute atomic E-state index is 2.29. The average Bonchev–Trinajstić information content (AvgIpc) is 4.22. The summed E-state index contributed by atoms with van der Waals surface area (Å²) in [5, 5.41) is 11.2. The van der Waals surface area contributed by atoms with Crippen molar-refractivity contribution in [2.45, 2.75) is 156 Å². The first-order valence-electron chi connectivity index (χ1n) is 24.8. The van der Waals surface area contributed by atoms with Crippen LogP contribution >= 0.6 is 0 Å². The standard InChI is InChI=1S/4C13H15.2C5H8.2ClH.2Zr/c4*1-3-10(2)12-9-8-11-6-4-5-7-13(11)12;2*1-2-4-5-3-1;;;;/h4*4-10H,3H2,1-2H3;2*1-4H2;2*1H;;/q4*-1;;;;;2*+2/p-2. The summed E-state index contributed by atoms with van der Waals surface area (Å²) in [6, 6.07) is 52.4. The quantitative estimate of drug-likeness (QED) is 0.133. The van der Waals surface area contributed by atoms with Gasteiger partial charge in [0.05, 0.1) is 0 Å². The molecule has 0 spiro atoms. The van der Waals surface area contributed by atoms with Crippen molar-refractivity contribution in [1.29, 1.82) is 0 Å². The molecule has 4 unspecified atom stereocenters. The van der Waals surface area contributed by atoms with Crippen molar-refractivity contribution in [1.82, 2.24) is 0 Å². The van der Waals surface area contributed by atoms with Gasteiger partial charge < -0.3 is 24.8 Å². The van der Waals surface area contributed by atoms with E-state index in [1.54, 1.807) is 54.9 Å². The Hall–Kier alpha value is -2.59. The fraction of sp³-hybridized carbons (Fsp3) is 0.387. The SMILES string of the molecule is CCC(C)c1c[cH-]c2ccccc12.CCC(C)c1c[cH-]c2ccccc12.CCC(C)c1c[cH-]c2ccccc12.CCC(C)c1c[cH-]c2ccccc12.[Cl-].[Cl-].[Zr+2]=[C]1CCCC1.[Zr+2]=[C]1CCCC1. The van der Waals surface area contributed by atoms with Crippen molar-refractivity contribution in [3.63, 3.8) is 0 Å². The van der Waals surface area contributed by atoms with Gasteiger partial charge in [0.2, 0.25) is 0 Å². The molecule has 2 aliphatic rings. The monoisotopic (exact) mass is 1070 g/mol. The summed E-state index contributed by atoms with van der Waals surface area (Å²) in [5.74, 6) is 2.72. The Morgan fingerprint density at radius 2 is 0.561 bits per heavy atom. The van der Waals surface area contributed by atoms with Gasteiger partial charge >= 0.3 is 106 Å². The molecule has 2 saturated carbocycles. The van der Waals surface area contributed by atoms with E-state index >= 15 is 0 Å². The molecule has 0 aliphatic heterocycles. The zero-order valence-corrected chi connectivity index (χ0v) is 47.8. The van der Waals surface area contributed by atoms with Crippen molar-refractivity contribution in [3.8, 4) is 0 Å². The minimum atomic E-state index is 0. The van der Waals surface area contributed by atoms with Crippen molar-refractivity contribution in [2.75, 3.05) is 0 Å². The number of halogens is 2. The van der Waals surface area contributed by atoms with Crippen LogP contribution in [-0.4, -0.2) is 6.41 Å². The third-order valence-corrected chi connectivity index (χ3v) is 16.3. The fourth-order valence-electron chi connectivity index (χ4n) is 8.90. The first-order valence-corrected chi connectivity index (χ1v) is 27.2. The molecule has 8 aromatic carbocycles. The van der Waals surface area contributed by atoms with Crippen LogP contribution in [0.15, 0.2) is 146 Å². The topological polar surface area (TPSA) is 0 Å². The van der Waals surface area contributed by atoms with Gasteiger partial charge in [-0.25, -0.2) is 0 Å². The zero-order valence-electron chi connectivity index (χ0n) is 41.4. The van der Waals surface area contributed by atoms with Crippen LogP contribution in [0, 0.1) is 0 Å². The van der Waals surface area contributed by atoms with E-state index in [1.807, 2.05) is 0 Å². The van der Waals surface area contributed by atoms with Crippen LogP contribution in [0.25, 0.3) is 43.1 Å². The van der Waals surface area contributed by atoms with Crippen molar-refractivity contribution >= 4 is 49.5 Å². The normalized spacial score (nSPS) is 14.7. The van der Waals surface area contributed by atoms with E-state index in [0.717, 1.165) is 0 Å². The third kappa shape index (κ3) is 16.8. The van der Waals surface area contributed by atoms with Crippen LogP contribution in [0.1, 0.15) is 178 Å². The maximum atomic E-state index is 2.29. The molecule has 0 radical (unpaired) electrons. The molecule has 0 amide bonds. The van der Waals surface area contributed by atoms with Gasteiger partial charge in [-0.2, -0.15) is 22.3 Å². The van der Waals surface area contributed by atoms with Gasteiger partial charge in [0.15, 0.2) is 0 Å². The van der Waals surface area contributed by atoms with Gasteiger partial charge in [0, 0.05) is 0 Å². The van der Waals surface area contributed by atoms with E-state index in [-0.39, 0.29) is 24.8 Å². The zero-order chi connectivity index (χ0) is 45.8. The van der Waals surface area contributed by atoms with E-state index in [2.05, 4.69) is 201 Å². The van der Waals surface area contributed by atoms with Crippen LogP contribution in [0.2, 0.25) is 0 Å². The summed E-state index contributed by atoms with van der Waals surface area (Å²) in [7, 11) is 0. The molecule has 348 valence electrons. The minimum absolute atomic E-state index is 0. The molecule has 0 heterocycles. The van der Waals surface area contributed by atoms with E-state index in [9.17, 15) is 0 Å². The predicted molar refractivity (Wildman–Crippen MR) is 280 cm³/mol. The van der Waals surface area contributed by atoms with Gasteiger partial charge in [-0.05, 0) is 0 Å². The Morgan fingerprint density at radius 1 is 0.364 bits per heavy atom. The van der Waals surface area contributed by atoms with E-state index in [4.69, 9.17) is 0 Å². The van der Waals surface area contributed by atoms with Gasteiger partial charge in [0.1, 0.15) is 0 Å². The molecule has 0 bridgehead atoms. The second kappa shape index (κ2) is 30.8. The van der Waals surface area contributed by atoms with Gasteiger partial charge in [-0.15, -0.1) is 164 Å². The Balaban J connectivity index is 0.000000214. The summed E-state index contributed by atoms with van der Waals surface area (Å²) in [6.45, 7) is 18.1. The molecule has 4 atom stereocenters. The van der Waals surface area contributed by atoms with Crippen LogP contribution in [0.3, 0.4) is 0 Å². The summed E-state index contributed by atoms with van der Waals surface area (Å²) >= 11 is 3.36. The molecule has 0 N–H and O–H groups in total. The van der Waals surface area contributed by atoms with Gasteiger partial charge in [-0.1, -0.05) is 129 Å². The first kappa shape index (κ1) is 57.7. The first-order chi connectivity index (χ1) is 31.1. The fourth-order valence-corrected chi connectivity index (χ4v) is 10.6. The second-order valence-corrected chi connectivity index (χ2v) is 21.8. The Morgan fingerprint density at radius 3 is 0.727 bits per heavy atom. The molecule has 66 heavy (non-hydrogen) atoms. The third-order valence-electron chi connectivity index (χ3n) is 13.8. The summed E-state index contributed by atoms with van der Waals surface area (Å²) in [5.41, 5.74) is 5.99. The Kier molecular flexibility index (Phi) is 26.9. The van der Waals surface area contributed by atoms with Crippen molar-refractivity contribution < 1.29 is 73.3 Å². The van der Waals surface area contributed by atoms with Gasteiger partial charge in [-0.3, -0.25) is 0 Å². The molecule has 8 aromatic rings. The van der Waals surface area contributed by atoms with Gasteiger partial charge in [0.25, 0.3) is 0 Å².